The number of carboxylic acids is 1. The summed E-state index contributed by atoms with van der Waals surface area (Å²) in [6, 6.07) is 6.78. The highest BCUT2D eigenvalue weighted by Crippen LogP contribution is 2.29. The molecule has 0 aromatic heterocycles. The first kappa shape index (κ1) is 16.3. The summed E-state index contributed by atoms with van der Waals surface area (Å²) in [6.07, 6.45) is 3.63. The predicted molar refractivity (Wildman–Crippen MR) is 84.7 cm³/mol. The number of urea groups is 1. The predicted octanol–water partition coefficient (Wildman–Crippen LogP) is 2.86. The fourth-order valence-corrected chi connectivity index (χ4v) is 2.93. The van der Waals surface area contributed by atoms with E-state index in [0.29, 0.717) is 6.42 Å². The summed E-state index contributed by atoms with van der Waals surface area (Å²) >= 11 is 0. The summed E-state index contributed by atoms with van der Waals surface area (Å²) in [5.41, 5.74) is 2.40. The molecule has 0 bridgehead atoms. The van der Waals surface area contributed by atoms with Crippen LogP contribution in [-0.4, -0.2) is 23.1 Å². The van der Waals surface area contributed by atoms with Gasteiger partial charge in [0.05, 0.1) is 6.04 Å². The second kappa shape index (κ2) is 7.29. The number of fused-ring (bicyclic) bond motifs is 1. The Bertz CT molecular complexity index is 544. The maximum atomic E-state index is 12.2. The molecule has 1 aromatic carbocycles. The Hall–Kier alpha value is -2.04. The van der Waals surface area contributed by atoms with E-state index >= 15 is 0 Å². The Kier molecular flexibility index (Phi) is 5.41. The minimum absolute atomic E-state index is 0.0451. The Morgan fingerprint density at radius 3 is 2.77 bits per heavy atom. The Balaban J connectivity index is 2.02. The van der Waals surface area contributed by atoms with E-state index in [-0.39, 0.29) is 12.0 Å². The van der Waals surface area contributed by atoms with Gasteiger partial charge in [0.2, 0.25) is 0 Å². The Morgan fingerprint density at radius 1 is 1.36 bits per heavy atom. The van der Waals surface area contributed by atoms with Crippen molar-refractivity contribution in [1.82, 2.24) is 10.6 Å². The van der Waals surface area contributed by atoms with Crippen LogP contribution in [0.2, 0.25) is 0 Å². The molecular weight excluding hydrogens is 280 g/mol. The number of benzene rings is 1. The minimum Gasteiger partial charge on any atom is -0.480 e. The smallest absolute Gasteiger partial charge is 0.326 e. The number of amides is 2. The van der Waals surface area contributed by atoms with Crippen molar-refractivity contribution < 1.29 is 14.7 Å². The van der Waals surface area contributed by atoms with Gasteiger partial charge < -0.3 is 15.7 Å². The van der Waals surface area contributed by atoms with Gasteiger partial charge in [-0.15, -0.1) is 0 Å². The summed E-state index contributed by atoms with van der Waals surface area (Å²) in [7, 11) is 0. The number of hydrogen-bond donors (Lipinski definition) is 3. The van der Waals surface area contributed by atoms with E-state index in [0.717, 1.165) is 24.8 Å². The van der Waals surface area contributed by atoms with E-state index in [4.69, 9.17) is 0 Å². The van der Waals surface area contributed by atoms with Crippen LogP contribution in [0.4, 0.5) is 4.79 Å². The molecule has 1 aromatic rings. The first-order valence-electron chi connectivity index (χ1n) is 7.90. The van der Waals surface area contributed by atoms with Crippen molar-refractivity contribution in [3.8, 4) is 0 Å². The topological polar surface area (TPSA) is 78.4 Å². The zero-order valence-electron chi connectivity index (χ0n) is 13.1. The largest absolute Gasteiger partial charge is 0.480 e. The van der Waals surface area contributed by atoms with Gasteiger partial charge in [-0.05, 0) is 36.3 Å². The lowest BCUT2D eigenvalue weighted by Crippen LogP contribution is -2.50. The number of nitrogens with one attached hydrogen (secondary N) is 2. The lowest BCUT2D eigenvalue weighted by molar-refractivity contribution is -0.140. The molecule has 1 aliphatic rings. The molecule has 2 rings (SSSR count). The molecule has 5 heteroatoms. The molecule has 3 atom stereocenters. The first-order chi connectivity index (χ1) is 10.5. The van der Waals surface area contributed by atoms with Crippen LogP contribution in [-0.2, 0) is 11.2 Å². The zero-order valence-corrected chi connectivity index (χ0v) is 13.1. The van der Waals surface area contributed by atoms with Gasteiger partial charge in [-0.25, -0.2) is 9.59 Å². The minimum atomic E-state index is -0.992. The number of rotatable bonds is 5. The molecule has 120 valence electrons. The third-order valence-electron chi connectivity index (χ3n) is 4.44. The van der Waals surface area contributed by atoms with Gasteiger partial charge in [-0.1, -0.05) is 44.5 Å². The van der Waals surface area contributed by atoms with Crippen molar-refractivity contribution >= 4 is 12.0 Å². The molecule has 22 heavy (non-hydrogen) atoms. The van der Waals surface area contributed by atoms with Crippen LogP contribution in [0, 0.1) is 5.92 Å². The van der Waals surface area contributed by atoms with Crippen LogP contribution in [0.1, 0.15) is 50.3 Å². The summed E-state index contributed by atoms with van der Waals surface area (Å²) in [5.74, 6) is -1.10. The number of hydrogen-bond acceptors (Lipinski definition) is 2. The van der Waals surface area contributed by atoms with Crippen molar-refractivity contribution in [1.29, 1.82) is 0 Å². The van der Waals surface area contributed by atoms with E-state index in [9.17, 15) is 14.7 Å². The highest BCUT2D eigenvalue weighted by Gasteiger charge is 2.27. The van der Waals surface area contributed by atoms with Crippen molar-refractivity contribution in [3.05, 3.63) is 35.4 Å². The molecule has 0 spiro atoms. The van der Waals surface area contributed by atoms with Gasteiger partial charge >= 0.3 is 12.0 Å². The Morgan fingerprint density at radius 2 is 2.09 bits per heavy atom. The van der Waals surface area contributed by atoms with E-state index in [1.165, 1.54) is 5.56 Å². The van der Waals surface area contributed by atoms with Crippen molar-refractivity contribution in [2.45, 2.75) is 51.6 Å². The molecule has 1 aliphatic carbocycles. The Labute approximate surface area is 131 Å². The highest BCUT2D eigenvalue weighted by atomic mass is 16.4. The molecule has 2 amide bonds. The van der Waals surface area contributed by atoms with Crippen LogP contribution < -0.4 is 10.6 Å². The lowest BCUT2D eigenvalue weighted by Gasteiger charge is -2.28. The van der Waals surface area contributed by atoms with Crippen LogP contribution in [0.5, 0.6) is 0 Å². The fraction of sp³-hybridized carbons (Fsp3) is 0.529. The molecule has 0 saturated heterocycles. The molecule has 0 radical (unpaired) electrons. The van der Waals surface area contributed by atoms with Crippen molar-refractivity contribution in [2.75, 3.05) is 0 Å². The number of aryl methyl sites for hydroxylation is 1. The molecule has 0 heterocycles. The third-order valence-corrected chi connectivity index (χ3v) is 4.44. The van der Waals surface area contributed by atoms with Crippen molar-refractivity contribution in [3.63, 3.8) is 0 Å². The zero-order chi connectivity index (χ0) is 16.1. The molecule has 0 fully saturated rings. The second-order valence-electron chi connectivity index (χ2n) is 5.96. The maximum Gasteiger partial charge on any atom is 0.326 e. The SMILES string of the molecule is CC[C@@H](C)[C@H](NC(=O)N[C@H]1CCCc2ccccc21)C(=O)O. The number of aliphatic carboxylic acids is 1. The monoisotopic (exact) mass is 304 g/mol. The lowest BCUT2D eigenvalue weighted by atomic mass is 9.88. The third kappa shape index (κ3) is 3.78. The summed E-state index contributed by atoms with van der Waals surface area (Å²) < 4.78 is 0. The summed E-state index contributed by atoms with van der Waals surface area (Å²) in [6.45, 7) is 3.74. The van der Waals surface area contributed by atoms with E-state index in [1.807, 2.05) is 32.0 Å². The average molecular weight is 304 g/mol. The summed E-state index contributed by atoms with van der Waals surface area (Å²) in [4.78, 5) is 23.5. The van der Waals surface area contributed by atoms with Gasteiger partial charge in [0, 0.05) is 0 Å². The molecule has 5 nitrogen and oxygen atoms in total. The molecule has 0 unspecified atom stereocenters. The molecular formula is C17H24N2O3. The summed E-state index contributed by atoms with van der Waals surface area (Å²) in [5, 5.41) is 14.8. The molecule has 0 saturated carbocycles. The van der Waals surface area contributed by atoms with Crippen LogP contribution >= 0.6 is 0 Å². The van der Waals surface area contributed by atoms with Crippen molar-refractivity contribution in [2.24, 2.45) is 5.92 Å². The van der Waals surface area contributed by atoms with Crippen LogP contribution in [0.3, 0.4) is 0 Å². The van der Waals surface area contributed by atoms with E-state index in [2.05, 4.69) is 16.7 Å². The second-order valence-corrected chi connectivity index (χ2v) is 5.96. The van der Waals surface area contributed by atoms with Gasteiger partial charge in [-0.2, -0.15) is 0 Å². The fourth-order valence-electron chi connectivity index (χ4n) is 2.93. The van der Waals surface area contributed by atoms with Gasteiger partial charge in [-0.3, -0.25) is 0 Å². The average Bonchev–Trinajstić information content (AvgIpc) is 2.52. The molecule has 0 aliphatic heterocycles. The number of carboxylic acid groups (broad SMARTS) is 1. The normalized spacial score (nSPS) is 19.6. The highest BCUT2D eigenvalue weighted by molar-refractivity contribution is 5.83. The van der Waals surface area contributed by atoms with Gasteiger partial charge in [0.25, 0.3) is 0 Å². The van der Waals surface area contributed by atoms with Gasteiger partial charge in [0.15, 0.2) is 0 Å². The number of carbonyl (C=O) groups is 2. The van der Waals surface area contributed by atoms with Crippen LogP contribution in [0.25, 0.3) is 0 Å². The standard InChI is InChI=1S/C17H24N2O3/c1-3-11(2)15(16(20)21)19-17(22)18-14-10-6-8-12-7-4-5-9-13(12)14/h4-5,7,9,11,14-15H,3,6,8,10H2,1-2H3,(H,20,21)(H2,18,19,22)/t11-,14+,15+/m1/s1. The maximum absolute atomic E-state index is 12.2. The number of carbonyl (C=O) groups excluding carboxylic acids is 1. The van der Waals surface area contributed by atoms with E-state index < -0.39 is 18.0 Å². The van der Waals surface area contributed by atoms with Crippen LogP contribution in [0.15, 0.2) is 24.3 Å². The van der Waals surface area contributed by atoms with E-state index in [1.54, 1.807) is 0 Å². The quantitative estimate of drug-likeness (QED) is 0.782. The van der Waals surface area contributed by atoms with Gasteiger partial charge in [0.1, 0.15) is 6.04 Å². The first-order valence-corrected chi connectivity index (χ1v) is 7.90. The molecule has 3 N–H and O–H groups in total.